The molecule has 2 aliphatic heterocycles. The van der Waals surface area contributed by atoms with E-state index in [0.717, 1.165) is 11.3 Å². The molecule has 2 aromatic carbocycles. The molecule has 4 rings (SSSR count). The van der Waals surface area contributed by atoms with Gasteiger partial charge in [0.25, 0.3) is 0 Å². The Hall–Kier alpha value is -3.37. The average Bonchev–Trinajstić information content (AvgIpc) is 3.27. The molecule has 9 nitrogen and oxygen atoms in total. The number of aliphatic hydroxyl groups excluding tert-OH is 1. The van der Waals surface area contributed by atoms with E-state index in [-0.39, 0.29) is 24.0 Å². The van der Waals surface area contributed by atoms with E-state index in [9.17, 15) is 9.90 Å². The van der Waals surface area contributed by atoms with Crippen LogP contribution in [0.4, 0.5) is 0 Å². The highest BCUT2D eigenvalue weighted by atomic mass is 16.8. The van der Waals surface area contributed by atoms with E-state index in [2.05, 4.69) is 0 Å². The highest BCUT2D eigenvalue weighted by molar-refractivity contribution is 5.97. The first-order chi connectivity index (χ1) is 19.6. The Balaban J connectivity index is 1.71. The zero-order chi connectivity index (χ0) is 29.6. The minimum absolute atomic E-state index is 0.0675. The molecule has 0 amide bonds. The molecule has 1 saturated heterocycles. The van der Waals surface area contributed by atoms with Crippen molar-refractivity contribution >= 4 is 12.0 Å². The van der Waals surface area contributed by atoms with Crippen molar-refractivity contribution in [1.29, 1.82) is 0 Å². The van der Waals surface area contributed by atoms with Crippen molar-refractivity contribution in [1.82, 2.24) is 0 Å². The average molecular weight is 569 g/mol. The maximum atomic E-state index is 13.6. The van der Waals surface area contributed by atoms with Gasteiger partial charge in [0, 0.05) is 19.1 Å². The molecule has 0 aromatic heterocycles. The van der Waals surface area contributed by atoms with Crippen molar-refractivity contribution in [2.45, 2.75) is 70.9 Å². The molecular weight excluding hydrogens is 528 g/mol. The maximum absolute atomic E-state index is 13.6. The van der Waals surface area contributed by atoms with Gasteiger partial charge in [-0.15, -0.1) is 0 Å². The van der Waals surface area contributed by atoms with Gasteiger partial charge in [-0.05, 0) is 56.5 Å². The first-order valence-electron chi connectivity index (χ1n) is 13.7. The maximum Gasteiger partial charge on any atom is 0.342 e. The Bertz CT molecular complexity index is 1230. The monoisotopic (exact) mass is 568 g/mol. The minimum atomic E-state index is -0.886. The normalized spacial score (nSPS) is 25.9. The van der Waals surface area contributed by atoms with Gasteiger partial charge in [0.2, 0.25) is 0 Å². The predicted octanol–water partition coefficient (Wildman–Crippen LogP) is 5.29. The Morgan fingerprint density at radius 1 is 1.00 bits per heavy atom. The summed E-state index contributed by atoms with van der Waals surface area (Å²) in [7, 11) is 3.13. The number of fused-ring (bicyclic) bond motifs is 2. The molecule has 1 fully saturated rings. The topological polar surface area (TPSA) is 102 Å². The van der Waals surface area contributed by atoms with Gasteiger partial charge in [-0.3, -0.25) is 0 Å². The third-order valence-corrected chi connectivity index (χ3v) is 7.08. The number of hydrogen-bond donors (Lipinski definition) is 1. The standard InChI is InChI=1S/C32H40O9/c1-20-10-15-26(33)30-27(40-32(3,4)41-30)9-7-8-23-16-25(37-18-22-11-13-24(36-6)14-12-22)17-28(38-19-35-5)29(23)31(34)39-21(20)2/h7-8,10-17,20-21,26-27,30,33H,9,18-19H2,1-6H3/t20-,21+,26?,27+,30-/m1/s1. The Morgan fingerprint density at radius 3 is 2.46 bits per heavy atom. The fraction of sp³-hybridized carbons (Fsp3) is 0.469. The smallest absolute Gasteiger partial charge is 0.342 e. The molecule has 2 aromatic rings. The van der Waals surface area contributed by atoms with Crippen molar-refractivity contribution < 1.29 is 43.1 Å². The van der Waals surface area contributed by atoms with E-state index >= 15 is 0 Å². The van der Waals surface area contributed by atoms with Crippen LogP contribution in [0.25, 0.3) is 6.08 Å². The molecule has 222 valence electrons. The lowest BCUT2D eigenvalue weighted by Crippen LogP contribution is -2.34. The van der Waals surface area contributed by atoms with Crippen LogP contribution in [0.2, 0.25) is 0 Å². The lowest BCUT2D eigenvalue weighted by atomic mass is 9.99. The van der Waals surface area contributed by atoms with Gasteiger partial charge in [0.15, 0.2) is 12.6 Å². The first kappa shape index (κ1) is 30.6. The fourth-order valence-electron chi connectivity index (χ4n) is 4.72. The Kier molecular flexibility index (Phi) is 10.1. The van der Waals surface area contributed by atoms with Crippen LogP contribution in [-0.2, 0) is 25.6 Å². The molecule has 0 bridgehead atoms. The minimum Gasteiger partial charge on any atom is -0.497 e. The van der Waals surface area contributed by atoms with E-state index in [1.165, 1.54) is 7.11 Å². The number of carbonyl (C=O) groups excluding carboxylic acids is 1. The van der Waals surface area contributed by atoms with E-state index in [1.807, 2.05) is 70.2 Å². The quantitative estimate of drug-likeness (QED) is 0.271. The van der Waals surface area contributed by atoms with Crippen LogP contribution < -0.4 is 14.2 Å². The summed E-state index contributed by atoms with van der Waals surface area (Å²) in [6, 6.07) is 11.0. The van der Waals surface area contributed by atoms with Crippen LogP contribution in [0.5, 0.6) is 17.2 Å². The second-order valence-corrected chi connectivity index (χ2v) is 10.7. The van der Waals surface area contributed by atoms with Crippen molar-refractivity contribution in [2.24, 2.45) is 5.92 Å². The van der Waals surface area contributed by atoms with E-state index in [0.29, 0.717) is 24.3 Å². The molecule has 0 saturated carbocycles. The number of rotatable bonds is 7. The van der Waals surface area contributed by atoms with Crippen LogP contribution >= 0.6 is 0 Å². The number of hydrogen-bond acceptors (Lipinski definition) is 9. The molecule has 5 atom stereocenters. The molecule has 41 heavy (non-hydrogen) atoms. The molecule has 0 aliphatic carbocycles. The summed E-state index contributed by atoms with van der Waals surface area (Å²) in [5.74, 6) is -0.0229. The fourth-order valence-corrected chi connectivity index (χ4v) is 4.72. The van der Waals surface area contributed by atoms with Crippen molar-refractivity contribution in [2.75, 3.05) is 21.0 Å². The van der Waals surface area contributed by atoms with Crippen molar-refractivity contribution in [3.05, 3.63) is 71.3 Å². The third-order valence-electron chi connectivity index (χ3n) is 7.08. The van der Waals surface area contributed by atoms with E-state index in [1.54, 1.807) is 25.3 Å². The largest absolute Gasteiger partial charge is 0.497 e. The van der Waals surface area contributed by atoms with Crippen LogP contribution in [-0.4, -0.2) is 62.3 Å². The summed E-state index contributed by atoms with van der Waals surface area (Å²) in [5, 5.41) is 10.9. The van der Waals surface area contributed by atoms with Gasteiger partial charge in [-0.1, -0.05) is 43.4 Å². The van der Waals surface area contributed by atoms with E-state index < -0.39 is 36.2 Å². The number of esters is 1. The number of benzene rings is 2. The van der Waals surface area contributed by atoms with Crippen LogP contribution in [0, 0.1) is 5.92 Å². The zero-order valence-corrected chi connectivity index (χ0v) is 24.5. The molecule has 0 spiro atoms. The Morgan fingerprint density at radius 2 is 1.76 bits per heavy atom. The van der Waals surface area contributed by atoms with Gasteiger partial charge < -0.3 is 38.3 Å². The van der Waals surface area contributed by atoms with Gasteiger partial charge in [0.05, 0.1) is 13.2 Å². The van der Waals surface area contributed by atoms with Crippen LogP contribution in [0.1, 0.15) is 55.6 Å². The lowest BCUT2D eigenvalue weighted by molar-refractivity contribution is -0.152. The number of cyclic esters (lactones) is 1. The highest BCUT2D eigenvalue weighted by Gasteiger charge is 2.43. The van der Waals surface area contributed by atoms with Gasteiger partial charge >= 0.3 is 5.97 Å². The predicted molar refractivity (Wildman–Crippen MR) is 153 cm³/mol. The summed E-state index contributed by atoms with van der Waals surface area (Å²) in [4.78, 5) is 13.6. The van der Waals surface area contributed by atoms with Gasteiger partial charge in [0.1, 0.15) is 47.7 Å². The summed E-state index contributed by atoms with van der Waals surface area (Å²) >= 11 is 0. The SMILES string of the molecule is COCOc1cc(OCc2ccc(OC)cc2)cc2c1C(=O)O[C@@H](C)[C@H](C)C=CC(O)[C@H]1OC(C)(C)O[C@H]1CC=C2. The highest BCUT2D eigenvalue weighted by Crippen LogP contribution is 2.35. The second-order valence-electron chi connectivity index (χ2n) is 10.7. The summed E-state index contributed by atoms with van der Waals surface area (Å²) in [6.07, 6.45) is 5.31. The van der Waals surface area contributed by atoms with E-state index in [4.69, 9.17) is 33.2 Å². The number of methoxy groups -OCH3 is 2. The number of carbonyl (C=O) groups is 1. The van der Waals surface area contributed by atoms with Gasteiger partial charge in [-0.25, -0.2) is 4.79 Å². The Labute approximate surface area is 241 Å². The molecule has 9 heteroatoms. The lowest BCUT2D eigenvalue weighted by Gasteiger charge is -2.23. The molecule has 1 N–H and O–H groups in total. The van der Waals surface area contributed by atoms with Crippen LogP contribution in [0.3, 0.4) is 0 Å². The molecule has 0 radical (unpaired) electrons. The second kappa shape index (κ2) is 13.5. The number of aliphatic hydroxyl groups is 1. The third kappa shape index (κ3) is 7.89. The molecular formula is C32H40O9. The number of ether oxygens (including phenoxy) is 7. The van der Waals surface area contributed by atoms with Crippen molar-refractivity contribution in [3.8, 4) is 17.2 Å². The molecule has 2 aliphatic rings. The first-order valence-corrected chi connectivity index (χ1v) is 13.7. The zero-order valence-electron chi connectivity index (χ0n) is 24.5. The van der Waals surface area contributed by atoms with Crippen molar-refractivity contribution in [3.63, 3.8) is 0 Å². The molecule has 1 unspecified atom stereocenters. The van der Waals surface area contributed by atoms with Gasteiger partial charge in [-0.2, -0.15) is 0 Å². The summed E-state index contributed by atoms with van der Waals surface area (Å²) in [6.45, 7) is 7.61. The van der Waals surface area contributed by atoms with Crippen LogP contribution in [0.15, 0.2) is 54.6 Å². The molecule has 2 heterocycles. The summed E-state index contributed by atoms with van der Waals surface area (Å²) < 4.78 is 40.3. The summed E-state index contributed by atoms with van der Waals surface area (Å²) in [5.41, 5.74) is 1.76.